The third kappa shape index (κ3) is 3.48. The number of rotatable bonds is 4. The SMILES string of the molecule is S=P(/C=C/C1=CCCCC1)(c1ccccc1)c1ccccc1. The van der Waals surface area contributed by atoms with E-state index in [1.54, 1.807) is 0 Å². The van der Waals surface area contributed by atoms with Crippen molar-refractivity contribution in [3.8, 4) is 0 Å². The molecular formula is C20H21PS. The molecule has 0 saturated heterocycles. The van der Waals surface area contributed by atoms with E-state index in [2.05, 4.69) is 78.6 Å². The van der Waals surface area contributed by atoms with Gasteiger partial charge in [0.25, 0.3) is 0 Å². The molecule has 0 amide bonds. The smallest absolute Gasteiger partial charge is 0.0310 e. The Morgan fingerprint density at radius 2 is 1.41 bits per heavy atom. The second kappa shape index (κ2) is 7.22. The molecule has 0 heterocycles. The fourth-order valence-electron chi connectivity index (χ4n) is 2.84. The van der Waals surface area contributed by atoms with Crippen molar-refractivity contribution in [2.24, 2.45) is 0 Å². The molecule has 2 heteroatoms. The van der Waals surface area contributed by atoms with Gasteiger partial charge in [-0.15, -0.1) is 0 Å². The molecule has 2 aromatic rings. The maximum absolute atomic E-state index is 6.20. The summed E-state index contributed by atoms with van der Waals surface area (Å²) in [5.41, 5.74) is 1.45. The average molecular weight is 324 g/mol. The van der Waals surface area contributed by atoms with E-state index in [1.807, 2.05) is 0 Å². The van der Waals surface area contributed by atoms with Gasteiger partial charge in [0.1, 0.15) is 0 Å². The standard InChI is InChI=1S/C20H21PS/c22-21(19-12-6-2-7-13-19,20-14-8-3-9-15-20)17-16-18-10-4-1-5-11-18/h2-3,6-10,12-17H,1,4-5,11H2/b17-16+. The summed E-state index contributed by atoms with van der Waals surface area (Å²) in [4.78, 5) is 0. The molecule has 0 radical (unpaired) electrons. The molecule has 0 saturated carbocycles. The van der Waals surface area contributed by atoms with E-state index in [0.29, 0.717) is 0 Å². The van der Waals surface area contributed by atoms with Gasteiger partial charge in [-0.3, -0.25) is 0 Å². The predicted octanol–water partition coefficient (Wildman–Crippen LogP) is 5.13. The number of benzene rings is 2. The second-order valence-corrected chi connectivity index (χ2v) is 10.0. The minimum Gasteiger partial charge on any atom is -0.0832 e. The van der Waals surface area contributed by atoms with Gasteiger partial charge in [0, 0.05) is 6.04 Å². The van der Waals surface area contributed by atoms with Crippen LogP contribution in [0.5, 0.6) is 0 Å². The van der Waals surface area contributed by atoms with Crippen LogP contribution < -0.4 is 10.6 Å². The van der Waals surface area contributed by atoms with Gasteiger partial charge >= 0.3 is 0 Å². The van der Waals surface area contributed by atoms with Crippen LogP contribution in [0.3, 0.4) is 0 Å². The van der Waals surface area contributed by atoms with Crippen molar-refractivity contribution in [3.05, 3.63) is 84.2 Å². The maximum Gasteiger partial charge on any atom is 0.0310 e. The lowest BCUT2D eigenvalue weighted by Crippen LogP contribution is -2.13. The van der Waals surface area contributed by atoms with E-state index < -0.39 is 6.04 Å². The highest BCUT2D eigenvalue weighted by Crippen LogP contribution is 2.45. The largest absolute Gasteiger partial charge is 0.0832 e. The normalized spacial score (nSPS) is 15.7. The Bertz CT molecular complexity index is 670. The molecule has 112 valence electrons. The highest BCUT2D eigenvalue weighted by molar-refractivity contribution is 8.23. The Morgan fingerprint density at radius 1 is 0.818 bits per heavy atom. The van der Waals surface area contributed by atoms with E-state index in [1.165, 1.54) is 41.9 Å². The topological polar surface area (TPSA) is 0 Å². The summed E-state index contributed by atoms with van der Waals surface area (Å²) in [5.74, 6) is 2.31. The number of hydrogen-bond donors (Lipinski definition) is 0. The lowest BCUT2D eigenvalue weighted by molar-refractivity contribution is 0.712. The van der Waals surface area contributed by atoms with Gasteiger partial charge in [0.15, 0.2) is 0 Å². The Labute approximate surface area is 138 Å². The lowest BCUT2D eigenvalue weighted by Gasteiger charge is -2.20. The van der Waals surface area contributed by atoms with Crippen molar-refractivity contribution in [3.63, 3.8) is 0 Å². The third-order valence-electron chi connectivity index (χ3n) is 4.10. The summed E-state index contributed by atoms with van der Waals surface area (Å²) in [6.45, 7) is 0. The van der Waals surface area contributed by atoms with Crippen LogP contribution in [0.2, 0.25) is 0 Å². The Kier molecular flexibility index (Phi) is 5.08. The molecule has 0 spiro atoms. The van der Waals surface area contributed by atoms with Crippen molar-refractivity contribution in [2.75, 3.05) is 0 Å². The van der Waals surface area contributed by atoms with E-state index >= 15 is 0 Å². The number of hydrogen-bond acceptors (Lipinski definition) is 1. The Morgan fingerprint density at radius 3 is 1.91 bits per heavy atom. The molecule has 0 nitrogen and oxygen atoms in total. The molecule has 0 N–H and O–H groups in total. The minimum atomic E-state index is -1.88. The molecule has 1 aliphatic carbocycles. The van der Waals surface area contributed by atoms with Crippen LogP contribution in [0.1, 0.15) is 25.7 Å². The van der Waals surface area contributed by atoms with Gasteiger partial charge in [0.05, 0.1) is 0 Å². The Hall–Kier alpha value is -1.43. The fraction of sp³-hybridized carbons (Fsp3) is 0.200. The zero-order chi connectivity index (χ0) is 15.3. The number of allylic oxidation sites excluding steroid dienone is 3. The summed E-state index contributed by atoms with van der Waals surface area (Å²) in [6, 6.07) is 19.3. The van der Waals surface area contributed by atoms with Crippen LogP contribution >= 0.6 is 6.04 Å². The van der Waals surface area contributed by atoms with Crippen LogP contribution in [0, 0.1) is 0 Å². The Balaban J connectivity index is 2.02. The molecular weight excluding hydrogens is 303 g/mol. The van der Waals surface area contributed by atoms with Crippen molar-refractivity contribution >= 4 is 28.5 Å². The minimum absolute atomic E-state index is 1.19. The first-order chi connectivity index (χ1) is 10.8. The van der Waals surface area contributed by atoms with Crippen molar-refractivity contribution in [1.29, 1.82) is 0 Å². The van der Waals surface area contributed by atoms with Gasteiger partial charge in [0.2, 0.25) is 0 Å². The molecule has 22 heavy (non-hydrogen) atoms. The summed E-state index contributed by atoms with van der Waals surface area (Å²) < 4.78 is 0. The van der Waals surface area contributed by atoms with Crippen molar-refractivity contribution in [1.82, 2.24) is 0 Å². The van der Waals surface area contributed by atoms with Gasteiger partial charge < -0.3 is 0 Å². The quantitative estimate of drug-likeness (QED) is 0.703. The second-order valence-electron chi connectivity index (χ2n) is 5.67. The first kappa shape index (κ1) is 15.5. The van der Waals surface area contributed by atoms with E-state index in [-0.39, 0.29) is 0 Å². The molecule has 2 aromatic carbocycles. The van der Waals surface area contributed by atoms with Gasteiger partial charge in [-0.2, -0.15) is 0 Å². The highest BCUT2D eigenvalue weighted by atomic mass is 32.4. The van der Waals surface area contributed by atoms with Crippen LogP contribution in [0.25, 0.3) is 0 Å². The first-order valence-corrected chi connectivity index (χ1v) is 10.8. The van der Waals surface area contributed by atoms with E-state index in [9.17, 15) is 0 Å². The van der Waals surface area contributed by atoms with Crippen LogP contribution in [0.15, 0.2) is 84.2 Å². The van der Waals surface area contributed by atoms with E-state index in [0.717, 1.165) is 0 Å². The zero-order valence-electron chi connectivity index (χ0n) is 12.7. The molecule has 0 atom stereocenters. The van der Waals surface area contributed by atoms with Gasteiger partial charge in [-0.25, -0.2) is 0 Å². The van der Waals surface area contributed by atoms with Crippen LogP contribution in [0.4, 0.5) is 0 Å². The molecule has 0 unspecified atom stereocenters. The van der Waals surface area contributed by atoms with Gasteiger partial charge in [-0.05, 0) is 42.1 Å². The molecule has 0 fully saturated rings. The van der Waals surface area contributed by atoms with Crippen molar-refractivity contribution in [2.45, 2.75) is 25.7 Å². The molecule has 1 aliphatic rings. The fourth-order valence-corrected chi connectivity index (χ4v) is 6.02. The summed E-state index contributed by atoms with van der Waals surface area (Å²) in [5, 5.41) is 2.53. The first-order valence-electron chi connectivity index (χ1n) is 7.88. The molecule has 0 aromatic heterocycles. The van der Waals surface area contributed by atoms with Gasteiger partial charge in [-0.1, -0.05) is 90.2 Å². The average Bonchev–Trinajstić information content (AvgIpc) is 2.62. The summed E-state index contributed by atoms with van der Waals surface area (Å²) in [6.07, 6.45) is 9.68. The predicted molar refractivity (Wildman–Crippen MR) is 102 cm³/mol. The molecule has 3 rings (SSSR count). The molecule has 0 aliphatic heterocycles. The van der Waals surface area contributed by atoms with Crippen LogP contribution in [-0.4, -0.2) is 0 Å². The lowest BCUT2D eigenvalue weighted by atomic mass is 10.00. The third-order valence-corrected chi connectivity index (χ3v) is 8.43. The molecule has 0 bridgehead atoms. The van der Waals surface area contributed by atoms with Crippen LogP contribution in [-0.2, 0) is 11.8 Å². The highest BCUT2D eigenvalue weighted by Gasteiger charge is 2.18. The van der Waals surface area contributed by atoms with E-state index in [4.69, 9.17) is 11.8 Å². The maximum atomic E-state index is 6.20. The monoisotopic (exact) mass is 324 g/mol. The van der Waals surface area contributed by atoms with Crippen molar-refractivity contribution < 1.29 is 0 Å². The summed E-state index contributed by atoms with van der Waals surface area (Å²) in [7, 11) is 0. The zero-order valence-corrected chi connectivity index (χ0v) is 14.4. The summed E-state index contributed by atoms with van der Waals surface area (Å²) >= 11 is 6.20.